The summed E-state index contributed by atoms with van der Waals surface area (Å²) in [5.41, 5.74) is 1.18. The maximum Gasteiger partial charge on any atom is 0.293 e. The fraction of sp³-hybridized carbons (Fsp3) is 0.182. The number of benzene rings is 2. The van der Waals surface area contributed by atoms with Crippen LogP contribution < -0.4 is 9.47 Å². The zero-order valence-corrected chi connectivity index (χ0v) is 17.8. The van der Waals surface area contributed by atoms with Gasteiger partial charge in [-0.25, -0.2) is 4.39 Å². The fourth-order valence-corrected chi connectivity index (χ4v) is 3.82. The van der Waals surface area contributed by atoms with Gasteiger partial charge in [0.1, 0.15) is 12.4 Å². The molecule has 1 saturated heterocycles. The van der Waals surface area contributed by atoms with Crippen molar-refractivity contribution >= 4 is 40.6 Å². The number of amides is 2. The van der Waals surface area contributed by atoms with Crippen LogP contribution in [0, 0.1) is 5.82 Å². The number of rotatable bonds is 8. The molecule has 0 aliphatic carbocycles. The molecule has 0 bridgehead atoms. The maximum atomic E-state index is 13.2. The molecule has 1 heterocycles. The van der Waals surface area contributed by atoms with Gasteiger partial charge in [-0.15, -0.1) is 0 Å². The average Bonchev–Trinajstić information content (AvgIpc) is 2.97. The van der Waals surface area contributed by atoms with E-state index in [1.807, 2.05) is 6.92 Å². The second kappa shape index (κ2) is 9.82. The first-order chi connectivity index (χ1) is 14.4. The van der Waals surface area contributed by atoms with E-state index in [2.05, 4.69) is 6.58 Å². The molecular weight excluding hydrogens is 429 g/mol. The molecule has 3 rings (SSSR count). The summed E-state index contributed by atoms with van der Waals surface area (Å²) in [6.45, 7) is 6.23. The van der Waals surface area contributed by atoms with E-state index in [0.29, 0.717) is 35.8 Å². The van der Waals surface area contributed by atoms with E-state index in [1.54, 1.807) is 30.4 Å². The molecule has 0 N–H and O–H groups in total. The molecule has 0 radical (unpaired) electrons. The van der Waals surface area contributed by atoms with Gasteiger partial charge in [-0.2, -0.15) is 0 Å². The zero-order valence-electron chi connectivity index (χ0n) is 16.2. The van der Waals surface area contributed by atoms with Crippen LogP contribution in [0.4, 0.5) is 9.18 Å². The largest absolute Gasteiger partial charge is 0.490 e. The van der Waals surface area contributed by atoms with Gasteiger partial charge in [-0.3, -0.25) is 14.5 Å². The molecule has 5 nitrogen and oxygen atoms in total. The van der Waals surface area contributed by atoms with Crippen molar-refractivity contribution in [2.75, 3.05) is 13.2 Å². The van der Waals surface area contributed by atoms with Crippen molar-refractivity contribution in [3.05, 3.63) is 75.9 Å². The van der Waals surface area contributed by atoms with E-state index in [0.717, 1.165) is 22.7 Å². The van der Waals surface area contributed by atoms with Crippen molar-refractivity contribution in [1.29, 1.82) is 0 Å². The molecule has 1 aliphatic rings. The molecule has 0 aromatic heterocycles. The van der Waals surface area contributed by atoms with Crippen LogP contribution in [0.1, 0.15) is 18.1 Å². The Morgan fingerprint density at radius 1 is 1.17 bits per heavy atom. The van der Waals surface area contributed by atoms with Crippen LogP contribution in [0.2, 0.25) is 5.02 Å². The van der Waals surface area contributed by atoms with Crippen LogP contribution in [0.25, 0.3) is 6.08 Å². The van der Waals surface area contributed by atoms with Gasteiger partial charge in [-0.1, -0.05) is 36.4 Å². The summed E-state index contributed by atoms with van der Waals surface area (Å²) in [6, 6.07) is 9.10. The third kappa shape index (κ3) is 5.04. The molecule has 2 aromatic carbocycles. The summed E-state index contributed by atoms with van der Waals surface area (Å²) in [5, 5.41) is -0.253. The van der Waals surface area contributed by atoms with Crippen molar-refractivity contribution in [2.45, 2.75) is 13.5 Å². The van der Waals surface area contributed by atoms with Gasteiger partial charge >= 0.3 is 0 Å². The lowest BCUT2D eigenvalue weighted by molar-refractivity contribution is -0.123. The van der Waals surface area contributed by atoms with E-state index < -0.39 is 17.0 Å². The first kappa shape index (κ1) is 21.9. The number of carbonyl (C=O) groups is 2. The lowest BCUT2D eigenvalue weighted by Gasteiger charge is -2.13. The molecule has 1 aliphatic heterocycles. The molecule has 2 aromatic rings. The molecule has 0 saturated carbocycles. The minimum Gasteiger partial charge on any atom is -0.490 e. The van der Waals surface area contributed by atoms with Gasteiger partial charge in [-0.05, 0) is 60.2 Å². The highest BCUT2D eigenvalue weighted by atomic mass is 35.5. The molecule has 2 amide bonds. The Morgan fingerprint density at radius 2 is 1.97 bits per heavy atom. The highest BCUT2D eigenvalue weighted by Gasteiger charge is 2.35. The van der Waals surface area contributed by atoms with Crippen LogP contribution >= 0.6 is 23.4 Å². The lowest BCUT2D eigenvalue weighted by Crippen LogP contribution is -2.27. The average molecular weight is 448 g/mol. The van der Waals surface area contributed by atoms with Crippen LogP contribution in [-0.4, -0.2) is 29.3 Å². The number of imide groups is 1. The molecule has 1 fully saturated rings. The highest BCUT2D eigenvalue weighted by Crippen LogP contribution is 2.36. The minimum absolute atomic E-state index is 0.0281. The number of carbonyl (C=O) groups excluding carboxylic acids is 2. The van der Waals surface area contributed by atoms with E-state index >= 15 is 0 Å². The molecule has 156 valence electrons. The van der Waals surface area contributed by atoms with E-state index in [-0.39, 0.29) is 16.5 Å². The van der Waals surface area contributed by atoms with Crippen molar-refractivity contribution in [2.24, 2.45) is 0 Å². The summed E-state index contributed by atoms with van der Waals surface area (Å²) in [6.07, 6.45) is 3.25. The Kier molecular flexibility index (Phi) is 7.18. The van der Waals surface area contributed by atoms with E-state index in [9.17, 15) is 14.0 Å². The van der Waals surface area contributed by atoms with Crippen molar-refractivity contribution in [1.82, 2.24) is 4.90 Å². The Hall–Kier alpha value is -2.77. The summed E-state index contributed by atoms with van der Waals surface area (Å²) >= 11 is 6.86. The number of halogens is 2. The molecule has 0 spiro atoms. The van der Waals surface area contributed by atoms with Crippen molar-refractivity contribution in [3.63, 3.8) is 0 Å². The topological polar surface area (TPSA) is 55.8 Å². The second-order valence-electron chi connectivity index (χ2n) is 6.24. The van der Waals surface area contributed by atoms with Crippen molar-refractivity contribution in [3.8, 4) is 11.5 Å². The van der Waals surface area contributed by atoms with Gasteiger partial charge in [0.05, 0.1) is 18.1 Å². The monoisotopic (exact) mass is 447 g/mol. The van der Waals surface area contributed by atoms with Crippen LogP contribution in [-0.2, 0) is 11.3 Å². The summed E-state index contributed by atoms with van der Waals surface area (Å²) in [7, 11) is 0. The SMILES string of the molecule is C=CCOc1ccc(/C=C2\SC(=O)N(Cc3ccc(F)cc3Cl)C2=O)cc1OCC. The van der Waals surface area contributed by atoms with Gasteiger partial charge in [0.25, 0.3) is 11.1 Å². The predicted molar refractivity (Wildman–Crippen MR) is 116 cm³/mol. The smallest absolute Gasteiger partial charge is 0.293 e. The predicted octanol–water partition coefficient (Wildman–Crippen LogP) is 5.68. The van der Waals surface area contributed by atoms with Gasteiger partial charge in [0.2, 0.25) is 0 Å². The number of hydrogen-bond acceptors (Lipinski definition) is 5. The maximum absolute atomic E-state index is 13.2. The molecule has 30 heavy (non-hydrogen) atoms. The number of ether oxygens (including phenoxy) is 2. The standard InChI is InChI=1S/C22H19ClFNO4S/c1-3-9-29-18-8-5-14(10-19(18)28-4-2)11-20-21(26)25(22(27)30-20)13-15-6-7-16(24)12-17(15)23/h3,5-8,10-12H,1,4,9,13H2,2H3/b20-11-. The fourth-order valence-electron chi connectivity index (χ4n) is 2.76. The number of nitrogens with zero attached hydrogens (tertiary/aromatic N) is 1. The Bertz CT molecular complexity index is 1020. The van der Waals surface area contributed by atoms with Gasteiger partial charge in [0, 0.05) is 5.02 Å². The minimum atomic E-state index is -0.483. The third-order valence-electron chi connectivity index (χ3n) is 4.14. The normalized spacial score (nSPS) is 15.0. The van der Waals surface area contributed by atoms with Crippen LogP contribution in [0.3, 0.4) is 0 Å². The second-order valence-corrected chi connectivity index (χ2v) is 7.64. The summed E-state index contributed by atoms with van der Waals surface area (Å²) in [4.78, 5) is 26.5. The molecule has 0 unspecified atom stereocenters. The Labute approximate surface area is 183 Å². The Morgan fingerprint density at radius 3 is 2.67 bits per heavy atom. The first-order valence-electron chi connectivity index (χ1n) is 9.12. The summed E-state index contributed by atoms with van der Waals surface area (Å²) < 4.78 is 24.4. The van der Waals surface area contributed by atoms with E-state index in [4.69, 9.17) is 21.1 Å². The number of hydrogen-bond donors (Lipinski definition) is 0. The number of thioether (sulfide) groups is 1. The van der Waals surface area contributed by atoms with Crippen LogP contribution in [0.15, 0.2) is 54.0 Å². The molecule has 8 heteroatoms. The third-order valence-corrected chi connectivity index (χ3v) is 5.40. The molecular formula is C22H19ClFNO4S. The summed E-state index contributed by atoms with van der Waals surface area (Å²) in [5.74, 6) is 0.178. The van der Waals surface area contributed by atoms with E-state index in [1.165, 1.54) is 12.1 Å². The zero-order chi connectivity index (χ0) is 21.7. The quantitative estimate of drug-likeness (QED) is 0.385. The highest BCUT2D eigenvalue weighted by molar-refractivity contribution is 8.18. The van der Waals surface area contributed by atoms with Crippen LogP contribution in [0.5, 0.6) is 11.5 Å². The molecule has 0 atom stereocenters. The lowest BCUT2D eigenvalue weighted by atomic mass is 10.1. The van der Waals surface area contributed by atoms with Gasteiger partial charge < -0.3 is 9.47 Å². The first-order valence-corrected chi connectivity index (χ1v) is 10.3. The Balaban J connectivity index is 1.82. The van der Waals surface area contributed by atoms with Crippen molar-refractivity contribution < 1.29 is 23.5 Å². The van der Waals surface area contributed by atoms with Gasteiger partial charge in [0.15, 0.2) is 11.5 Å².